The lowest BCUT2D eigenvalue weighted by molar-refractivity contribution is 0.659. The smallest absolute Gasteiger partial charge is 0.0726 e. The zero-order chi connectivity index (χ0) is 13.9. The van der Waals surface area contributed by atoms with Crippen molar-refractivity contribution in [2.24, 2.45) is 5.92 Å². The van der Waals surface area contributed by atoms with Crippen molar-refractivity contribution < 1.29 is 0 Å². The predicted molar refractivity (Wildman–Crippen MR) is 85.1 cm³/mol. The molecule has 1 aliphatic rings. The first kappa shape index (κ1) is 13.4. The van der Waals surface area contributed by atoms with Gasteiger partial charge in [-0.2, -0.15) is 0 Å². The van der Waals surface area contributed by atoms with E-state index in [4.69, 9.17) is 4.98 Å². The van der Waals surface area contributed by atoms with Gasteiger partial charge in [0.25, 0.3) is 0 Å². The van der Waals surface area contributed by atoms with Crippen LogP contribution in [0.3, 0.4) is 0 Å². The average Bonchev–Trinajstić information content (AvgIpc) is 2.90. The summed E-state index contributed by atoms with van der Waals surface area (Å²) in [6.07, 6.45) is 1.29. The lowest BCUT2D eigenvalue weighted by Crippen LogP contribution is -2.20. The van der Waals surface area contributed by atoms with Gasteiger partial charge in [-0.3, -0.25) is 4.98 Å². The van der Waals surface area contributed by atoms with Gasteiger partial charge in [0.1, 0.15) is 0 Å². The SMILES string of the molecule is CCNCc1cc(N2CCC(C)C2)c2ccccc2n1. The van der Waals surface area contributed by atoms with Crippen molar-refractivity contribution in [3.63, 3.8) is 0 Å². The second kappa shape index (κ2) is 5.80. The third-order valence-electron chi connectivity index (χ3n) is 4.07. The molecular formula is C17H23N3. The Labute approximate surface area is 121 Å². The first-order valence-corrected chi connectivity index (χ1v) is 7.62. The van der Waals surface area contributed by atoms with Crippen LogP contribution in [-0.2, 0) is 6.54 Å². The Morgan fingerprint density at radius 2 is 2.20 bits per heavy atom. The largest absolute Gasteiger partial charge is 0.371 e. The van der Waals surface area contributed by atoms with E-state index in [1.54, 1.807) is 0 Å². The fraction of sp³-hybridized carbons (Fsp3) is 0.471. The van der Waals surface area contributed by atoms with Crippen LogP contribution in [0.1, 0.15) is 26.0 Å². The molecule has 1 N–H and O–H groups in total. The van der Waals surface area contributed by atoms with Gasteiger partial charge in [0, 0.05) is 30.7 Å². The molecule has 3 nitrogen and oxygen atoms in total. The molecule has 0 radical (unpaired) electrons. The molecule has 0 bridgehead atoms. The topological polar surface area (TPSA) is 28.2 Å². The molecule has 0 amide bonds. The molecule has 1 aromatic carbocycles. The predicted octanol–water partition coefficient (Wildman–Crippen LogP) is 3.19. The van der Waals surface area contributed by atoms with Gasteiger partial charge in [-0.15, -0.1) is 0 Å². The zero-order valence-corrected chi connectivity index (χ0v) is 12.4. The minimum atomic E-state index is 0.791. The van der Waals surface area contributed by atoms with Gasteiger partial charge in [-0.1, -0.05) is 32.0 Å². The van der Waals surface area contributed by atoms with Crippen molar-refractivity contribution in [2.75, 3.05) is 24.5 Å². The van der Waals surface area contributed by atoms with E-state index in [1.165, 1.54) is 17.5 Å². The van der Waals surface area contributed by atoms with Crippen LogP contribution in [0.5, 0.6) is 0 Å². The number of aromatic nitrogens is 1. The number of fused-ring (bicyclic) bond motifs is 1. The summed E-state index contributed by atoms with van der Waals surface area (Å²) in [6, 6.07) is 10.8. The molecule has 1 unspecified atom stereocenters. The molecule has 0 saturated carbocycles. The van der Waals surface area contributed by atoms with Crippen LogP contribution < -0.4 is 10.2 Å². The molecule has 2 aromatic rings. The van der Waals surface area contributed by atoms with Crippen LogP contribution in [0, 0.1) is 5.92 Å². The molecule has 106 valence electrons. The number of para-hydroxylation sites is 1. The molecule has 1 aliphatic heterocycles. The molecule has 3 heteroatoms. The summed E-state index contributed by atoms with van der Waals surface area (Å²) in [5.41, 5.74) is 3.60. The van der Waals surface area contributed by atoms with Gasteiger partial charge in [0.05, 0.1) is 11.2 Å². The summed E-state index contributed by atoms with van der Waals surface area (Å²) in [7, 11) is 0. The molecule has 20 heavy (non-hydrogen) atoms. The number of nitrogens with zero attached hydrogens (tertiary/aromatic N) is 2. The summed E-state index contributed by atoms with van der Waals surface area (Å²) in [6.45, 7) is 8.61. The molecule has 1 aromatic heterocycles. The second-order valence-corrected chi connectivity index (χ2v) is 5.77. The highest BCUT2D eigenvalue weighted by atomic mass is 15.2. The maximum atomic E-state index is 4.77. The highest BCUT2D eigenvalue weighted by Gasteiger charge is 2.21. The third-order valence-corrected chi connectivity index (χ3v) is 4.07. The molecule has 0 aliphatic carbocycles. The second-order valence-electron chi connectivity index (χ2n) is 5.77. The van der Waals surface area contributed by atoms with E-state index < -0.39 is 0 Å². The van der Waals surface area contributed by atoms with Crippen molar-refractivity contribution in [3.05, 3.63) is 36.0 Å². The van der Waals surface area contributed by atoms with Gasteiger partial charge < -0.3 is 10.2 Å². The highest BCUT2D eigenvalue weighted by Crippen LogP contribution is 2.30. The highest BCUT2D eigenvalue weighted by molar-refractivity contribution is 5.92. The van der Waals surface area contributed by atoms with Gasteiger partial charge in [-0.05, 0) is 31.0 Å². The van der Waals surface area contributed by atoms with E-state index in [0.29, 0.717) is 0 Å². The standard InChI is InChI=1S/C17H23N3/c1-3-18-11-14-10-17(20-9-8-13(2)12-20)15-6-4-5-7-16(15)19-14/h4-7,10,13,18H,3,8-9,11-12H2,1-2H3. The molecule has 2 heterocycles. The van der Waals surface area contributed by atoms with Crippen molar-refractivity contribution >= 4 is 16.6 Å². The summed E-state index contributed by atoms with van der Waals surface area (Å²) in [5.74, 6) is 0.791. The number of hydrogen-bond donors (Lipinski definition) is 1. The fourth-order valence-electron chi connectivity index (χ4n) is 2.97. The van der Waals surface area contributed by atoms with E-state index in [9.17, 15) is 0 Å². The Balaban J connectivity index is 2.03. The van der Waals surface area contributed by atoms with E-state index in [0.717, 1.165) is 43.3 Å². The number of hydrogen-bond acceptors (Lipinski definition) is 3. The average molecular weight is 269 g/mol. The Kier molecular flexibility index (Phi) is 3.88. The van der Waals surface area contributed by atoms with Gasteiger partial charge >= 0.3 is 0 Å². The van der Waals surface area contributed by atoms with Crippen LogP contribution in [0.4, 0.5) is 5.69 Å². The lowest BCUT2D eigenvalue weighted by Gasteiger charge is -2.21. The first-order chi connectivity index (χ1) is 9.78. The molecular weight excluding hydrogens is 246 g/mol. The van der Waals surface area contributed by atoms with Crippen LogP contribution >= 0.6 is 0 Å². The molecule has 3 rings (SSSR count). The molecule has 1 saturated heterocycles. The van der Waals surface area contributed by atoms with E-state index in [2.05, 4.69) is 54.4 Å². The van der Waals surface area contributed by atoms with Crippen LogP contribution in [-0.4, -0.2) is 24.6 Å². The Bertz CT molecular complexity index is 594. The molecule has 1 fully saturated rings. The van der Waals surface area contributed by atoms with Gasteiger partial charge in [-0.25, -0.2) is 0 Å². The van der Waals surface area contributed by atoms with Crippen LogP contribution in [0.15, 0.2) is 30.3 Å². The van der Waals surface area contributed by atoms with Crippen molar-refractivity contribution in [1.82, 2.24) is 10.3 Å². The first-order valence-electron chi connectivity index (χ1n) is 7.62. The maximum Gasteiger partial charge on any atom is 0.0726 e. The van der Waals surface area contributed by atoms with E-state index in [1.807, 2.05) is 0 Å². The minimum absolute atomic E-state index is 0.791. The number of rotatable bonds is 4. The number of anilines is 1. The van der Waals surface area contributed by atoms with Crippen LogP contribution in [0.25, 0.3) is 10.9 Å². The third kappa shape index (κ3) is 2.63. The summed E-state index contributed by atoms with van der Waals surface area (Å²) < 4.78 is 0. The summed E-state index contributed by atoms with van der Waals surface area (Å²) >= 11 is 0. The monoisotopic (exact) mass is 269 g/mol. The fourth-order valence-corrected chi connectivity index (χ4v) is 2.97. The molecule has 1 atom stereocenters. The quantitative estimate of drug-likeness (QED) is 0.924. The van der Waals surface area contributed by atoms with Gasteiger partial charge in [0.15, 0.2) is 0 Å². The summed E-state index contributed by atoms with van der Waals surface area (Å²) in [5, 5.41) is 4.65. The number of nitrogens with one attached hydrogen (secondary N) is 1. The normalized spacial score (nSPS) is 18.9. The lowest BCUT2D eigenvalue weighted by atomic mass is 10.1. The van der Waals surface area contributed by atoms with E-state index >= 15 is 0 Å². The summed E-state index contributed by atoms with van der Waals surface area (Å²) in [4.78, 5) is 7.29. The van der Waals surface area contributed by atoms with Gasteiger partial charge in [0.2, 0.25) is 0 Å². The zero-order valence-electron chi connectivity index (χ0n) is 12.4. The Morgan fingerprint density at radius 1 is 1.35 bits per heavy atom. The van der Waals surface area contributed by atoms with Crippen LogP contribution in [0.2, 0.25) is 0 Å². The Morgan fingerprint density at radius 3 is 2.95 bits per heavy atom. The number of benzene rings is 1. The Hall–Kier alpha value is -1.61. The van der Waals surface area contributed by atoms with Crippen molar-refractivity contribution in [2.45, 2.75) is 26.8 Å². The van der Waals surface area contributed by atoms with E-state index in [-0.39, 0.29) is 0 Å². The maximum absolute atomic E-state index is 4.77. The van der Waals surface area contributed by atoms with Crippen molar-refractivity contribution in [3.8, 4) is 0 Å². The molecule has 0 spiro atoms. The van der Waals surface area contributed by atoms with Crippen molar-refractivity contribution in [1.29, 1.82) is 0 Å². The minimum Gasteiger partial charge on any atom is -0.371 e. The number of pyridine rings is 1.